The Kier molecular flexibility index (Phi) is 5.59. The first-order valence-corrected chi connectivity index (χ1v) is 8.31. The van der Waals surface area contributed by atoms with E-state index in [1.165, 1.54) is 19.5 Å². The van der Waals surface area contributed by atoms with Crippen molar-refractivity contribution in [1.29, 1.82) is 0 Å². The summed E-state index contributed by atoms with van der Waals surface area (Å²) in [6, 6.07) is 0. The number of hydrogen-bond donors (Lipinski definition) is 2. The lowest BCUT2D eigenvalue weighted by Crippen LogP contribution is -2.62. The number of piperidine rings is 1. The zero-order valence-electron chi connectivity index (χ0n) is 13.4. The largest absolute Gasteiger partial charge is 0.392 e. The Morgan fingerprint density at radius 2 is 2.00 bits per heavy atom. The van der Waals surface area contributed by atoms with Gasteiger partial charge in [0.05, 0.1) is 12.2 Å². The van der Waals surface area contributed by atoms with Crippen LogP contribution in [0.25, 0.3) is 0 Å². The number of aliphatic hydroxyl groups is 1. The average Bonchev–Trinajstić information content (AvgIpc) is 2.86. The van der Waals surface area contributed by atoms with Gasteiger partial charge >= 0.3 is 0 Å². The van der Waals surface area contributed by atoms with Gasteiger partial charge in [0, 0.05) is 31.5 Å². The molecule has 0 radical (unpaired) electrons. The maximum atomic E-state index is 10.2. The minimum Gasteiger partial charge on any atom is -0.392 e. The van der Waals surface area contributed by atoms with Crippen LogP contribution in [0.1, 0.15) is 39.5 Å². The van der Waals surface area contributed by atoms with E-state index in [2.05, 4.69) is 24.1 Å². The van der Waals surface area contributed by atoms with Crippen LogP contribution in [-0.2, 0) is 4.74 Å². The summed E-state index contributed by atoms with van der Waals surface area (Å²) in [7, 11) is 0. The molecule has 21 heavy (non-hydrogen) atoms. The molecular weight excluding hydrogens is 288 g/mol. The van der Waals surface area contributed by atoms with Crippen LogP contribution < -0.4 is 5.32 Å². The van der Waals surface area contributed by atoms with Gasteiger partial charge in [0.1, 0.15) is 0 Å². The third kappa shape index (κ3) is 3.25. The Balaban J connectivity index is 0.00000161. The molecule has 0 amide bonds. The predicted octanol–water partition coefficient (Wildman–Crippen LogP) is 1.66. The van der Waals surface area contributed by atoms with E-state index in [9.17, 15) is 5.11 Å². The lowest BCUT2D eigenvalue weighted by molar-refractivity contribution is -0.210. The lowest BCUT2D eigenvalue weighted by Gasteiger charge is -2.57. The van der Waals surface area contributed by atoms with Gasteiger partial charge < -0.3 is 20.1 Å². The monoisotopic (exact) mass is 318 g/mol. The minimum atomic E-state index is -0.134. The van der Waals surface area contributed by atoms with Crippen molar-refractivity contribution in [2.24, 2.45) is 10.8 Å². The van der Waals surface area contributed by atoms with Gasteiger partial charge in [-0.2, -0.15) is 0 Å². The standard InChI is InChI=1S/C16H30N2O2.ClH/c1-3-20-14-10-13(19)16(14)5-8-18(9-6-16)12-15(2)4-7-17-11-15;/h13-14,17,19H,3-12H2,1-2H3;1H. The summed E-state index contributed by atoms with van der Waals surface area (Å²) in [4.78, 5) is 2.60. The SMILES string of the molecule is CCOC1CC(O)C12CCN(CC1(C)CCNC1)CC2.Cl. The summed E-state index contributed by atoms with van der Waals surface area (Å²) in [6.45, 7) is 11.0. The normalized spacial score (nSPS) is 39.0. The number of nitrogens with one attached hydrogen (secondary N) is 1. The van der Waals surface area contributed by atoms with Crippen molar-refractivity contribution in [1.82, 2.24) is 10.2 Å². The van der Waals surface area contributed by atoms with Gasteiger partial charge in [-0.15, -0.1) is 12.4 Å². The third-order valence-corrected chi connectivity index (χ3v) is 5.96. The molecule has 124 valence electrons. The van der Waals surface area contributed by atoms with Crippen molar-refractivity contribution in [2.45, 2.75) is 51.7 Å². The van der Waals surface area contributed by atoms with Gasteiger partial charge in [-0.05, 0) is 51.2 Å². The summed E-state index contributed by atoms with van der Waals surface area (Å²) < 4.78 is 5.84. The average molecular weight is 319 g/mol. The highest BCUT2D eigenvalue weighted by Gasteiger charge is 2.56. The van der Waals surface area contributed by atoms with Crippen LogP contribution in [0.2, 0.25) is 0 Å². The number of halogens is 1. The van der Waals surface area contributed by atoms with Crippen LogP contribution in [0.15, 0.2) is 0 Å². The van der Waals surface area contributed by atoms with Crippen LogP contribution in [0.5, 0.6) is 0 Å². The highest BCUT2D eigenvalue weighted by Crippen LogP contribution is 2.51. The van der Waals surface area contributed by atoms with Gasteiger partial charge in [0.2, 0.25) is 0 Å². The molecule has 3 rings (SSSR count). The molecule has 0 aromatic rings. The fourth-order valence-electron chi connectivity index (χ4n) is 4.49. The van der Waals surface area contributed by atoms with Crippen LogP contribution in [-0.4, -0.2) is 61.5 Å². The quantitative estimate of drug-likeness (QED) is 0.827. The molecule has 4 nitrogen and oxygen atoms in total. The summed E-state index contributed by atoms with van der Waals surface area (Å²) in [6.07, 6.45) is 4.50. The summed E-state index contributed by atoms with van der Waals surface area (Å²) in [5.74, 6) is 0. The topological polar surface area (TPSA) is 44.7 Å². The van der Waals surface area contributed by atoms with Crippen LogP contribution in [0.4, 0.5) is 0 Å². The molecule has 3 aliphatic rings. The molecule has 5 heteroatoms. The van der Waals surface area contributed by atoms with E-state index in [1.807, 2.05) is 0 Å². The molecule has 1 aliphatic carbocycles. The van der Waals surface area contributed by atoms with Crippen molar-refractivity contribution in [3.63, 3.8) is 0 Å². The van der Waals surface area contributed by atoms with E-state index < -0.39 is 0 Å². The van der Waals surface area contributed by atoms with E-state index in [1.54, 1.807) is 0 Å². The Hall–Kier alpha value is 0.130. The first-order valence-electron chi connectivity index (χ1n) is 8.31. The van der Waals surface area contributed by atoms with Crippen molar-refractivity contribution in [2.75, 3.05) is 39.3 Å². The molecule has 3 fully saturated rings. The number of nitrogens with zero attached hydrogens (tertiary/aromatic N) is 1. The molecule has 1 spiro atoms. The predicted molar refractivity (Wildman–Crippen MR) is 87.0 cm³/mol. The number of ether oxygens (including phenoxy) is 1. The number of hydrogen-bond acceptors (Lipinski definition) is 4. The summed E-state index contributed by atoms with van der Waals surface area (Å²) in [5.41, 5.74) is 0.517. The van der Waals surface area contributed by atoms with Gasteiger partial charge in [-0.1, -0.05) is 6.92 Å². The molecule has 2 saturated heterocycles. The van der Waals surface area contributed by atoms with E-state index >= 15 is 0 Å². The van der Waals surface area contributed by atoms with Crippen molar-refractivity contribution in [3.05, 3.63) is 0 Å². The molecule has 2 aliphatic heterocycles. The zero-order valence-corrected chi connectivity index (χ0v) is 14.3. The first kappa shape index (κ1) is 17.5. The highest BCUT2D eigenvalue weighted by atomic mass is 35.5. The van der Waals surface area contributed by atoms with Crippen molar-refractivity contribution >= 4 is 12.4 Å². The van der Waals surface area contributed by atoms with Gasteiger partial charge in [0.25, 0.3) is 0 Å². The van der Waals surface area contributed by atoms with E-state index in [0.29, 0.717) is 11.5 Å². The van der Waals surface area contributed by atoms with E-state index in [-0.39, 0.29) is 23.9 Å². The Bertz CT molecular complexity index is 337. The smallest absolute Gasteiger partial charge is 0.0681 e. The Morgan fingerprint density at radius 1 is 1.29 bits per heavy atom. The van der Waals surface area contributed by atoms with Crippen molar-refractivity contribution < 1.29 is 9.84 Å². The maximum Gasteiger partial charge on any atom is 0.0681 e. The van der Waals surface area contributed by atoms with Crippen molar-refractivity contribution in [3.8, 4) is 0 Å². The molecule has 3 unspecified atom stereocenters. The molecule has 0 aromatic heterocycles. The number of aliphatic hydroxyl groups excluding tert-OH is 1. The molecule has 2 N–H and O–H groups in total. The van der Waals surface area contributed by atoms with E-state index in [0.717, 1.165) is 45.5 Å². The number of rotatable bonds is 4. The maximum absolute atomic E-state index is 10.2. The minimum absolute atomic E-state index is 0. The molecule has 3 atom stereocenters. The van der Waals surface area contributed by atoms with Gasteiger partial charge in [-0.3, -0.25) is 0 Å². The Morgan fingerprint density at radius 3 is 2.52 bits per heavy atom. The fraction of sp³-hybridized carbons (Fsp3) is 1.00. The van der Waals surface area contributed by atoms with Crippen LogP contribution >= 0.6 is 12.4 Å². The lowest BCUT2D eigenvalue weighted by atomic mass is 9.58. The Labute approximate surface area is 135 Å². The second kappa shape index (κ2) is 6.71. The van der Waals surface area contributed by atoms with Gasteiger partial charge in [-0.25, -0.2) is 0 Å². The van der Waals surface area contributed by atoms with Gasteiger partial charge in [0.15, 0.2) is 0 Å². The molecule has 2 heterocycles. The third-order valence-electron chi connectivity index (χ3n) is 5.96. The molecule has 1 saturated carbocycles. The van der Waals surface area contributed by atoms with Crippen LogP contribution in [0, 0.1) is 10.8 Å². The zero-order chi connectivity index (χ0) is 14.2. The highest BCUT2D eigenvalue weighted by molar-refractivity contribution is 5.85. The molecule has 0 bridgehead atoms. The van der Waals surface area contributed by atoms with E-state index in [4.69, 9.17) is 4.74 Å². The number of likely N-dealkylation sites (tertiary alicyclic amines) is 1. The molecular formula is C16H31ClN2O2. The summed E-state index contributed by atoms with van der Waals surface area (Å²) in [5, 5.41) is 13.7. The summed E-state index contributed by atoms with van der Waals surface area (Å²) >= 11 is 0. The fourth-order valence-corrected chi connectivity index (χ4v) is 4.49. The molecule has 0 aromatic carbocycles. The first-order chi connectivity index (χ1) is 9.58. The second-order valence-electron chi connectivity index (χ2n) is 7.44. The second-order valence-corrected chi connectivity index (χ2v) is 7.44. The van der Waals surface area contributed by atoms with Crippen LogP contribution in [0.3, 0.4) is 0 Å².